The highest BCUT2D eigenvalue weighted by atomic mass is 16.5. The predicted octanol–water partition coefficient (Wildman–Crippen LogP) is 3.28. The molecule has 0 bridgehead atoms. The zero-order valence-corrected chi connectivity index (χ0v) is 14.2. The van der Waals surface area contributed by atoms with Gasteiger partial charge in [-0.05, 0) is 17.7 Å². The van der Waals surface area contributed by atoms with Crippen LogP contribution in [0.25, 0.3) is 11.1 Å². The number of anilines is 3. The molecule has 1 aliphatic rings. The molecule has 0 aliphatic carbocycles. The van der Waals surface area contributed by atoms with Gasteiger partial charge in [-0.25, -0.2) is 15.0 Å². The van der Waals surface area contributed by atoms with Crippen LogP contribution in [0.4, 0.5) is 17.2 Å². The Morgan fingerprint density at radius 1 is 1.12 bits per heavy atom. The van der Waals surface area contributed by atoms with E-state index < -0.39 is 0 Å². The van der Waals surface area contributed by atoms with Crippen molar-refractivity contribution in [3.8, 4) is 16.9 Å². The highest BCUT2D eigenvalue weighted by Crippen LogP contribution is 2.40. The Kier molecular flexibility index (Phi) is 3.93. The maximum atomic E-state index is 5.87. The van der Waals surface area contributed by atoms with Crippen molar-refractivity contribution >= 4 is 17.2 Å². The van der Waals surface area contributed by atoms with E-state index in [4.69, 9.17) is 4.74 Å². The number of nitrogens with zero attached hydrogens (tertiary/aromatic N) is 4. The van der Waals surface area contributed by atoms with Gasteiger partial charge in [0.05, 0.1) is 24.7 Å². The Labute approximate surface area is 146 Å². The summed E-state index contributed by atoms with van der Waals surface area (Å²) in [5.74, 6) is 1.52. The van der Waals surface area contributed by atoms with Gasteiger partial charge in [-0.2, -0.15) is 0 Å². The fraction of sp³-hybridized carbons (Fsp3) is 0.211. The lowest BCUT2D eigenvalue weighted by Crippen LogP contribution is -2.08. The largest absolute Gasteiger partial charge is 0.489 e. The summed E-state index contributed by atoms with van der Waals surface area (Å²) in [6.45, 7) is 0.668. The van der Waals surface area contributed by atoms with E-state index in [1.807, 2.05) is 20.3 Å². The average Bonchev–Trinajstić information content (AvgIpc) is 3.13. The van der Waals surface area contributed by atoms with Crippen LogP contribution < -0.4 is 15.0 Å². The minimum Gasteiger partial charge on any atom is -0.489 e. The van der Waals surface area contributed by atoms with Gasteiger partial charge in [-0.1, -0.05) is 12.1 Å². The van der Waals surface area contributed by atoms with Crippen LogP contribution in [-0.4, -0.2) is 35.7 Å². The first-order valence-corrected chi connectivity index (χ1v) is 8.17. The normalized spacial score (nSPS) is 12.4. The molecule has 0 radical (unpaired) electrons. The quantitative estimate of drug-likeness (QED) is 0.790. The molecular weight excluding hydrogens is 314 g/mol. The topological polar surface area (TPSA) is 63.2 Å². The standard InChI is InChI=1S/C19H19N5O/c1-24(2)15-5-3-4-13(8-15)17-11-22-19(18-16(17)6-7-25-18)23-14-9-20-12-21-10-14/h3-5,8-12H,6-7H2,1-2H3,(H,22,23). The highest BCUT2D eigenvalue weighted by molar-refractivity contribution is 5.77. The van der Waals surface area contributed by atoms with E-state index in [1.54, 1.807) is 12.4 Å². The van der Waals surface area contributed by atoms with Crippen LogP contribution in [0.5, 0.6) is 5.75 Å². The van der Waals surface area contributed by atoms with Crippen molar-refractivity contribution in [1.82, 2.24) is 15.0 Å². The summed E-state index contributed by atoms with van der Waals surface area (Å²) < 4.78 is 5.87. The van der Waals surface area contributed by atoms with Crippen molar-refractivity contribution in [2.75, 3.05) is 30.9 Å². The molecule has 0 fully saturated rings. The van der Waals surface area contributed by atoms with Crippen LogP contribution in [0.2, 0.25) is 0 Å². The Hall–Kier alpha value is -3.15. The predicted molar refractivity (Wildman–Crippen MR) is 98.5 cm³/mol. The van der Waals surface area contributed by atoms with Crippen molar-refractivity contribution < 1.29 is 4.74 Å². The van der Waals surface area contributed by atoms with Crippen molar-refractivity contribution in [2.45, 2.75) is 6.42 Å². The van der Waals surface area contributed by atoms with Gasteiger partial charge < -0.3 is 15.0 Å². The molecule has 3 heterocycles. The molecule has 0 amide bonds. The van der Waals surface area contributed by atoms with Crippen molar-refractivity contribution in [1.29, 1.82) is 0 Å². The van der Waals surface area contributed by atoms with Crippen molar-refractivity contribution in [2.24, 2.45) is 0 Å². The number of rotatable bonds is 4. The zero-order chi connectivity index (χ0) is 17.2. The van der Waals surface area contributed by atoms with Crippen LogP contribution in [0.1, 0.15) is 5.56 Å². The Morgan fingerprint density at radius 3 is 2.76 bits per heavy atom. The third kappa shape index (κ3) is 2.98. The lowest BCUT2D eigenvalue weighted by atomic mass is 9.99. The molecule has 1 aliphatic heterocycles. The molecule has 0 atom stereocenters. The fourth-order valence-electron chi connectivity index (χ4n) is 2.98. The van der Waals surface area contributed by atoms with Gasteiger partial charge in [0.15, 0.2) is 11.6 Å². The first-order valence-electron chi connectivity index (χ1n) is 8.17. The van der Waals surface area contributed by atoms with E-state index in [0.29, 0.717) is 12.4 Å². The van der Waals surface area contributed by atoms with Gasteiger partial charge in [0.2, 0.25) is 0 Å². The van der Waals surface area contributed by atoms with Gasteiger partial charge >= 0.3 is 0 Å². The number of aromatic nitrogens is 3. The van der Waals surface area contributed by atoms with Gasteiger partial charge in [-0.3, -0.25) is 0 Å². The number of hydrogen-bond acceptors (Lipinski definition) is 6. The summed E-state index contributed by atoms with van der Waals surface area (Å²) in [6, 6.07) is 8.45. The number of fused-ring (bicyclic) bond motifs is 1. The van der Waals surface area contributed by atoms with E-state index in [1.165, 1.54) is 11.9 Å². The minimum absolute atomic E-state index is 0.668. The summed E-state index contributed by atoms with van der Waals surface area (Å²) in [6.07, 6.45) is 7.71. The lowest BCUT2D eigenvalue weighted by Gasteiger charge is -2.16. The number of benzene rings is 1. The Balaban J connectivity index is 1.74. The molecule has 1 N–H and O–H groups in total. The molecular formula is C19H19N5O. The molecule has 2 aromatic heterocycles. The summed E-state index contributed by atoms with van der Waals surface area (Å²) in [7, 11) is 4.08. The summed E-state index contributed by atoms with van der Waals surface area (Å²) >= 11 is 0. The third-order valence-electron chi connectivity index (χ3n) is 4.23. The second-order valence-electron chi connectivity index (χ2n) is 6.12. The third-order valence-corrected chi connectivity index (χ3v) is 4.23. The number of pyridine rings is 1. The molecule has 0 saturated heterocycles. The smallest absolute Gasteiger partial charge is 0.173 e. The molecule has 6 heteroatoms. The van der Waals surface area contributed by atoms with Crippen LogP contribution in [0, 0.1) is 0 Å². The molecule has 1 aromatic carbocycles. The molecule has 0 spiro atoms. The molecule has 0 unspecified atom stereocenters. The molecule has 3 aromatic rings. The molecule has 6 nitrogen and oxygen atoms in total. The highest BCUT2D eigenvalue weighted by Gasteiger charge is 2.22. The van der Waals surface area contributed by atoms with Crippen molar-refractivity contribution in [3.63, 3.8) is 0 Å². The van der Waals surface area contributed by atoms with Gasteiger partial charge in [0.1, 0.15) is 6.33 Å². The first kappa shape index (κ1) is 15.4. The maximum Gasteiger partial charge on any atom is 0.173 e. The second kappa shape index (κ2) is 6.39. The SMILES string of the molecule is CN(C)c1cccc(-c2cnc(Nc3cncnc3)c3c2CCO3)c1. The van der Waals surface area contributed by atoms with Crippen LogP contribution in [0.3, 0.4) is 0 Å². The summed E-state index contributed by atoms with van der Waals surface area (Å²) in [4.78, 5) is 14.7. The van der Waals surface area contributed by atoms with Crippen LogP contribution in [0.15, 0.2) is 49.2 Å². The summed E-state index contributed by atoms with van der Waals surface area (Å²) in [5, 5.41) is 3.24. The monoisotopic (exact) mass is 333 g/mol. The van der Waals surface area contributed by atoms with Crippen molar-refractivity contribution in [3.05, 3.63) is 54.7 Å². The number of nitrogens with one attached hydrogen (secondary N) is 1. The Morgan fingerprint density at radius 2 is 1.96 bits per heavy atom. The second-order valence-corrected chi connectivity index (χ2v) is 6.12. The molecule has 25 heavy (non-hydrogen) atoms. The zero-order valence-electron chi connectivity index (χ0n) is 14.2. The Bertz CT molecular complexity index is 896. The van der Waals surface area contributed by atoms with Crippen LogP contribution >= 0.6 is 0 Å². The molecule has 4 rings (SSSR count). The van der Waals surface area contributed by atoms with E-state index in [9.17, 15) is 0 Å². The first-order chi connectivity index (χ1) is 12.2. The number of hydrogen-bond donors (Lipinski definition) is 1. The lowest BCUT2D eigenvalue weighted by molar-refractivity contribution is 0.357. The molecule has 126 valence electrons. The summed E-state index contributed by atoms with van der Waals surface area (Å²) in [5.41, 5.74) is 5.40. The fourth-order valence-corrected chi connectivity index (χ4v) is 2.98. The van der Waals surface area contributed by atoms with E-state index in [-0.39, 0.29) is 0 Å². The van der Waals surface area contributed by atoms with Gasteiger partial charge in [-0.15, -0.1) is 0 Å². The van der Waals surface area contributed by atoms with Crippen LogP contribution in [-0.2, 0) is 6.42 Å². The minimum atomic E-state index is 0.668. The van der Waals surface area contributed by atoms with E-state index in [2.05, 4.69) is 49.4 Å². The molecule has 0 saturated carbocycles. The van der Waals surface area contributed by atoms with E-state index >= 15 is 0 Å². The van der Waals surface area contributed by atoms with Gasteiger partial charge in [0.25, 0.3) is 0 Å². The number of ether oxygens (including phenoxy) is 1. The maximum absolute atomic E-state index is 5.87. The van der Waals surface area contributed by atoms with E-state index in [0.717, 1.165) is 34.7 Å². The van der Waals surface area contributed by atoms with Gasteiger partial charge in [0, 0.05) is 43.5 Å². The average molecular weight is 333 g/mol.